The summed E-state index contributed by atoms with van der Waals surface area (Å²) in [5, 5.41) is 8.41. The third kappa shape index (κ3) is 2.36. The molecule has 1 saturated heterocycles. The molecule has 0 saturated carbocycles. The summed E-state index contributed by atoms with van der Waals surface area (Å²) in [6.45, 7) is 3.15. The summed E-state index contributed by atoms with van der Waals surface area (Å²) in [5.74, 6) is 0.130. The van der Waals surface area contributed by atoms with E-state index in [1.54, 1.807) is 6.92 Å². The maximum absolute atomic E-state index is 11.3. The Kier molecular flexibility index (Phi) is 3.03. The predicted octanol–water partition coefficient (Wildman–Crippen LogP) is 1.74. The molecule has 1 atom stereocenters. The van der Waals surface area contributed by atoms with Gasteiger partial charge >= 0.3 is 0 Å². The lowest BCUT2D eigenvalue weighted by atomic mass is 10.2. The maximum atomic E-state index is 11.3. The van der Waals surface area contributed by atoms with E-state index in [4.69, 9.17) is 0 Å². The Bertz CT molecular complexity index is 578. The number of likely N-dealkylation sites (tertiary alicyclic amines) is 1. The second-order valence-corrected chi connectivity index (χ2v) is 4.86. The van der Waals surface area contributed by atoms with Gasteiger partial charge in [-0.15, -0.1) is 5.10 Å². The summed E-state index contributed by atoms with van der Waals surface area (Å²) in [7, 11) is 0. The second kappa shape index (κ2) is 4.84. The standard InChI is InChI=1S/C14H16N4O/c1-11(19)17-8-7-13(9-17)18-10-14(15-16-18)12-5-3-2-4-6-12/h2-6,10,13H,7-9H2,1H3. The Morgan fingerprint density at radius 3 is 2.79 bits per heavy atom. The first-order valence-corrected chi connectivity index (χ1v) is 6.47. The molecule has 0 aliphatic carbocycles. The van der Waals surface area contributed by atoms with Gasteiger partial charge in [0.15, 0.2) is 0 Å². The molecule has 0 N–H and O–H groups in total. The van der Waals surface area contributed by atoms with Crippen LogP contribution in [0.1, 0.15) is 19.4 Å². The predicted molar refractivity (Wildman–Crippen MR) is 71.4 cm³/mol. The molecule has 98 valence electrons. The van der Waals surface area contributed by atoms with Crippen LogP contribution in [-0.4, -0.2) is 38.9 Å². The maximum Gasteiger partial charge on any atom is 0.219 e. The van der Waals surface area contributed by atoms with Crippen LogP contribution in [0.4, 0.5) is 0 Å². The minimum absolute atomic E-state index is 0.130. The zero-order valence-electron chi connectivity index (χ0n) is 10.9. The van der Waals surface area contributed by atoms with E-state index in [1.807, 2.05) is 46.1 Å². The summed E-state index contributed by atoms with van der Waals surface area (Å²) in [6, 6.07) is 10.2. The SMILES string of the molecule is CC(=O)N1CCC(n2cc(-c3ccccc3)nn2)C1. The monoisotopic (exact) mass is 256 g/mol. The van der Waals surface area contributed by atoms with Crippen molar-refractivity contribution in [1.82, 2.24) is 19.9 Å². The van der Waals surface area contributed by atoms with Crippen LogP contribution in [0.5, 0.6) is 0 Å². The number of rotatable bonds is 2. The molecule has 2 aromatic rings. The quantitative estimate of drug-likeness (QED) is 0.822. The van der Waals surface area contributed by atoms with Gasteiger partial charge in [0, 0.05) is 25.6 Å². The highest BCUT2D eigenvalue weighted by Gasteiger charge is 2.26. The molecule has 0 spiro atoms. The second-order valence-electron chi connectivity index (χ2n) is 4.86. The van der Waals surface area contributed by atoms with Crippen LogP contribution in [0.3, 0.4) is 0 Å². The van der Waals surface area contributed by atoms with Crippen molar-refractivity contribution in [1.29, 1.82) is 0 Å². The zero-order chi connectivity index (χ0) is 13.2. The highest BCUT2D eigenvalue weighted by Crippen LogP contribution is 2.23. The largest absolute Gasteiger partial charge is 0.341 e. The Labute approximate surface area is 111 Å². The molecule has 5 heteroatoms. The summed E-state index contributed by atoms with van der Waals surface area (Å²) < 4.78 is 1.88. The number of hydrogen-bond donors (Lipinski definition) is 0. The highest BCUT2D eigenvalue weighted by atomic mass is 16.2. The van der Waals surface area contributed by atoms with Crippen molar-refractivity contribution < 1.29 is 4.79 Å². The molecule has 3 rings (SSSR count). The first kappa shape index (κ1) is 11.9. The molecule has 1 fully saturated rings. The lowest BCUT2D eigenvalue weighted by Gasteiger charge is -2.13. The van der Waals surface area contributed by atoms with Crippen molar-refractivity contribution >= 4 is 5.91 Å². The van der Waals surface area contributed by atoms with Gasteiger partial charge in [0.2, 0.25) is 5.91 Å². The normalized spacial score (nSPS) is 18.8. The molecule has 1 aliphatic heterocycles. The summed E-state index contributed by atoms with van der Waals surface area (Å²) in [6.07, 6.45) is 2.90. The fraction of sp³-hybridized carbons (Fsp3) is 0.357. The number of hydrogen-bond acceptors (Lipinski definition) is 3. The summed E-state index contributed by atoms with van der Waals surface area (Å²) in [5.41, 5.74) is 1.94. The van der Waals surface area contributed by atoms with E-state index in [2.05, 4.69) is 10.3 Å². The van der Waals surface area contributed by atoms with E-state index in [9.17, 15) is 4.79 Å². The average Bonchev–Trinajstić information content (AvgIpc) is 3.09. The van der Waals surface area contributed by atoms with Crippen molar-refractivity contribution in [2.45, 2.75) is 19.4 Å². The third-order valence-electron chi connectivity index (χ3n) is 3.56. The molecule has 1 amide bonds. The Balaban J connectivity index is 1.78. The van der Waals surface area contributed by atoms with Crippen molar-refractivity contribution in [2.24, 2.45) is 0 Å². The van der Waals surface area contributed by atoms with Gasteiger partial charge in [0.25, 0.3) is 0 Å². The van der Waals surface area contributed by atoms with Crippen LogP contribution in [0, 0.1) is 0 Å². The molecule has 19 heavy (non-hydrogen) atoms. The number of carbonyl (C=O) groups excluding carboxylic acids is 1. The van der Waals surface area contributed by atoms with Crippen molar-refractivity contribution in [3.05, 3.63) is 36.5 Å². The van der Waals surface area contributed by atoms with E-state index in [0.29, 0.717) is 0 Å². The molecule has 0 radical (unpaired) electrons. The molecular formula is C14H16N4O. The van der Waals surface area contributed by atoms with Crippen LogP contribution in [0.15, 0.2) is 36.5 Å². The minimum Gasteiger partial charge on any atom is -0.341 e. The molecule has 1 unspecified atom stereocenters. The van der Waals surface area contributed by atoms with Gasteiger partial charge in [-0.25, -0.2) is 4.68 Å². The van der Waals surface area contributed by atoms with Gasteiger partial charge in [-0.05, 0) is 6.42 Å². The van der Waals surface area contributed by atoms with Crippen LogP contribution in [0.25, 0.3) is 11.3 Å². The fourth-order valence-corrected chi connectivity index (χ4v) is 2.44. The molecule has 5 nitrogen and oxygen atoms in total. The van der Waals surface area contributed by atoms with Crippen molar-refractivity contribution in [3.63, 3.8) is 0 Å². The smallest absolute Gasteiger partial charge is 0.219 e. The van der Waals surface area contributed by atoms with E-state index in [1.165, 1.54) is 0 Å². The highest BCUT2D eigenvalue weighted by molar-refractivity contribution is 5.73. The van der Waals surface area contributed by atoms with Gasteiger partial charge < -0.3 is 4.90 Å². The van der Waals surface area contributed by atoms with E-state index in [-0.39, 0.29) is 11.9 Å². The van der Waals surface area contributed by atoms with Crippen molar-refractivity contribution in [2.75, 3.05) is 13.1 Å². The number of nitrogens with zero attached hydrogens (tertiary/aromatic N) is 4. The first-order chi connectivity index (χ1) is 9.24. The van der Waals surface area contributed by atoms with Crippen LogP contribution in [0.2, 0.25) is 0 Å². The summed E-state index contributed by atoms with van der Waals surface area (Å²) >= 11 is 0. The van der Waals surface area contributed by atoms with E-state index >= 15 is 0 Å². The molecular weight excluding hydrogens is 240 g/mol. The molecule has 1 aromatic heterocycles. The lowest BCUT2D eigenvalue weighted by molar-refractivity contribution is -0.127. The Morgan fingerprint density at radius 2 is 2.11 bits per heavy atom. The Hall–Kier alpha value is -2.17. The van der Waals surface area contributed by atoms with Crippen LogP contribution < -0.4 is 0 Å². The average molecular weight is 256 g/mol. The first-order valence-electron chi connectivity index (χ1n) is 6.47. The Morgan fingerprint density at radius 1 is 1.32 bits per heavy atom. The van der Waals surface area contributed by atoms with E-state index in [0.717, 1.165) is 30.8 Å². The number of carbonyl (C=O) groups is 1. The van der Waals surface area contributed by atoms with Crippen molar-refractivity contribution in [3.8, 4) is 11.3 Å². The number of amides is 1. The summed E-state index contributed by atoms with van der Waals surface area (Å²) in [4.78, 5) is 13.2. The fourth-order valence-electron chi connectivity index (χ4n) is 2.44. The van der Waals surface area contributed by atoms with Crippen LogP contribution in [-0.2, 0) is 4.79 Å². The third-order valence-corrected chi connectivity index (χ3v) is 3.56. The van der Waals surface area contributed by atoms with E-state index < -0.39 is 0 Å². The van der Waals surface area contributed by atoms with Gasteiger partial charge in [0.1, 0.15) is 5.69 Å². The molecule has 1 aliphatic rings. The van der Waals surface area contributed by atoms with Gasteiger partial charge in [-0.3, -0.25) is 4.79 Å². The number of aromatic nitrogens is 3. The van der Waals surface area contributed by atoms with Gasteiger partial charge in [0.05, 0.1) is 12.2 Å². The molecule has 2 heterocycles. The lowest BCUT2D eigenvalue weighted by Crippen LogP contribution is -2.26. The number of benzene rings is 1. The topological polar surface area (TPSA) is 51.0 Å². The van der Waals surface area contributed by atoms with Crippen LogP contribution >= 0.6 is 0 Å². The molecule has 0 bridgehead atoms. The zero-order valence-corrected chi connectivity index (χ0v) is 10.9. The molecule has 1 aromatic carbocycles. The minimum atomic E-state index is 0.130. The van der Waals surface area contributed by atoms with Gasteiger partial charge in [-0.1, -0.05) is 35.5 Å². The van der Waals surface area contributed by atoms with Gasteiger partial charge in [-0.2, -0.15) is 0 Å².